The van der Waals surface area contributed by atoms with E-state index >= 15 is 0 Å². The number of hydrogen-bond donors (Lipinski definition) is 2. The first-order chi connectivity index (χ1) is 8.18. The Labute approximate surface area is 116 Å². The molecule has 1 saturated carbocycles. The van der Waals surface area contributed by atoms with Crippen molar-refractivity contribution in [3.63, 3.8) is 0 Å². The van der Waals surface area contributed by atoms with Gasteiger partial charge < -0.3 is 10.4 Å². The molecule has 1 aromatic rings. The van der Waals surface area contributed by atoms with E-state index in [1.807, 2.05) is 0 Å². The summed E-state index contributed by atoms with van der Waals surface area (Å²) in [4.78, 5) is 1.39. The number of halogens is 1. The van der Waals surface area contributed by atoms with E-state index in [1.54, 1.807) is 11.3 Å². The molecule has 0 spiro atoms. The summed E-state index contributed by atoms with van der Waals surface area (Å²) < 4.78 is 1.19. The first-order valence-corrected chi connectivity index (χ1v) is 7.96. The molecule has 0 unspecified atom stereocenters. The highest BCUT2D eigenvalue weighted by Gasteiger charge is 2.28. The van der Waals surface area contributed by atoms with Crippen LogP contribution in [0.25, 0.3) is 0 Å². The highest BCUT2D eigenvalue weighted by atomic mass is 79.9. The first-order valence-electron chi connectivity index (χ1n) is 6.35. The molecule has 1 aliphatic rings. The molecule has 0 amide bonds. The second-order valence-corrected chi connectivity index (χ2v) is 7.47. The third-order valence-electron chi connectivity index (χ3n) is 3.42. The van der Waals surface area contributed by atoms with E-state index in [-0.39, 0.29) is 0 Å². The Morgan fingerprint density at radius 2 is 2.06 bits per heavy atom. The Kier molecular flexibility index (Phi) is 5.03. The molecule has 1 fully saturated rings. The number of thiophene rings is 1. The SMILES string of the molecule is OC1(CNCCc2ccc(Br)s2)CCCCC1. The van der Waals surface area contributed by atoms with E-state index in [1.165, 1.54) is 27.9 Å². The van der Waals surface area contributed by atoms with Gasteiger partial charge in [-0.3, -0.25) is 0 Å². The van der Waals surface area contributed by atoms with Gasteiger partial charge in [0.2, 0.25) is 0 Å². The van der Waals surface area contributed by atoms with Crippen molar-refractivity contribution in [1.29, 1.82) is 0 Å². The molecule has 17 heavy (non-hydrogen) atoms. The standard InChI is InChI=1S/C13H20BrNOS/c14-12-5-4-11(17-12)6-9-15-10-13(16)7-2-1-3-8-13/h4-5,15-16H,1-3,6-10H2. The van der Waals surface area contributed by atoms with Crippen LogP contribution in [0.4, 0.5) is 0 Å². The smallest absolute Gasteiger partial charge is 0.0771 e. The van der Waals surface area contributed by atoms with Gasteiger partial charge in [0.05, 0.1) is 9.39 Å². The maximum Gasteiger partial charge on any atom is 0.0771 e. The van der Waals surface area contributed by atoms with Crippen LogP contribution in [0.5, 0.6) is 0 Å². The fourth-order valence-corrected chi connectivity index (χ4v) is 3.89. The molecular weight excluding hydrogens is 298 g/mol. The van der Waals surface area contributed by atoms with E-state index in [0.717, 1.165) is 32.4 Å². The molecule has 1 aliphatic carbocycles. The van der Waals surface area contributed by atoms with Crippen molar-refractivity contribution in [1.82, 2.24) is 5.32 Å². The molecular formula is C13H20BrNOS. The number of rotatable bonds is 5. The number of aliphatic hydroxyl groups is 1. The zero-order valence-corrected chi connectivity index (χ0v) is 12.4. The maximum absolute atomic E-state index is 10.3. The average Bonchev–Trinajstić information content (AvgIpc) is 2.72. The highest BCUT2D eigenvalue weighted by molar-refractivity contribution is 9.11. The van der Waals surface area contributed by atoms with Crippen LogP contribution in [0, 0.1) is 0 Å². The molecule has 1 aromatic heterocycles. The quantitative estimate of drug-likeness (QED) is 0.816. The van der Waals surface area contributed by atoms with Gasteiger partial charge in [-0.1, -0.05) is 19.3 Å². The lowest BCUT2D eigenvalue weighted by molar-refractivity contribution is 0.00518. The van der Waals surface area contributed by atoms with E-state index in [2.05, 4.69) is 33.4 Å². The minimum atomic E-state index is -0.436. The van der Waals surface area contributed by atoms with Crippen LogP contribution in [0.1, 0.15) is 37.0 Å². The van der Waals surface area contributed by atoms with Gasteiger partial charge in [0, 0.05) is 18.0 Å². The Bertz CT molecular complexity index is 347. The van der Waals surface area contributed by atoms with Crippen LogP contribution >= 0.6 is 27.3 Å². The summed E-state index contributed by atoms with van der Waals surface area (Å²) in [7, 11) is 0. The minimum absolute atomic E-state index is 0.436. The van der Waals surface area contributed by atoms with Gasteiger partial charge >= 0.3 is 0 Å². The lowest BCUT2D eigenvalue weighted by atomic mass is 9.85. The van der Waals surface area contributed by atoms with E-state index in [9.17, 15) is 5.11 Å². The number of hydrogen-bond acceptors (Lipinski definition) is 3. The van der Waals surface area contributed by atoms with Gasteiger partial charge in [-0.2, -0.15) is 0 Å². The molecule has 0 radical (unpaired) electrons. The molecule has 0 bridgehead atoms. The van der Waals surface area contributed by atoms with Gasteiger partial charge in [-0.05, 0) is 47.3 Å². The van der Waals surface area contributed by atoms with E-state index in [0.29, 0.717) is 0 Å². The summed E-state index contributed by atoms with van der Waals surface area (Å²) >= 11 is 5.26. The first kappa shape index (κ1) is 13.5. The Hall–Kier alpha value is 0.1000. The fourth-order valence-electron chi connectivity index (χ4n) is 2.41. The lowest BCUT2D eigenvalue weighted by Crippen LogP contribution is -2.42. The second kappa shape index (κ2) is 6.32. The average molecular weight is 318 g/mol. The van der Waals surface area contributed by atoms with Crippen LogP contribution in [0.3, 0.4) is 0 Å². The third-order valence-corrected chi connectivity index (χ3v) is 5.10. The molecule has 96 valence electrons. The van der Waals surface area contributed by atoms with Crippen molar-refractivity contribution in [3.05, 3.63) is 20.8 Å². The third kappa shape index (κ3) is 4.36. The summed E-state index contributed by atoms with van der Waals surface area (Å²) in [6.07, 6.45) is 6.61. The fraction of sp³-hybridized carbons (Fsp3) is 0.692. The molecule has 0 atom stereocenters. The highest BCUT2D eigenvalue weighted by Crippen LogP contribution is 2.27. The molecule has 0 aliphatic heterocycles. The lowest BCUT2D eigenvalue weighted by Gasteiger charge is -2.32. The Morgan fingerprint density at radius 1 is 1.29 bits per heavy atom. The van der Waals surface area contributed by atoms with Crippen LogP contribution in [0.2, 0.25) is 0 Å². The Balaban J connectivity index is 1.65. The van der Waals surface area contributed by atoms with E-state index < -0.39 is 5.60 Å². The van der Waals surface area contributed by atoms with Crippen molar-refractivity contribution >= 4 is 27.3 Å². The molecule has 4 heteroatoms. The normalized spacial score (nSPS) is 19.4. The summed E-state index contributed by atoms with van der Waals surface area (Å²) in [5.41, 5.74) is -0.436. The van der Waals surface area contributed by atoms with Gasteiger partial charge in [0.15, 0.2) is 0 Å². The summed E-state index contributed by atoms with van der Waals surface area (Å²) in [5, 5.41) is 13.7. The van der Waals surface area contributed by atoms with Gasteiger partial charge in [-0.25, -0.2) is 0 Å². The zero-order chi connectivity index (χ0) is 12.1. The molecule has 2 nitrogen and oxygen atoms in total. The van der Waals surface area contributed by atoms with Crippen molar-refractivity contribution in [2.75, 3.05) is 13.1 Å². The Morgan fingerprint density at radius 3 is 2.71 bits per heavy atom. The van der Waals surface area contributed by atoms with Crippen LogP contribution in [0.15, 0.2) is 15.9 Å². The predicted molar refractivity (Wildman–Crippen MR) is 76.6 cm³/mol. The van der Waals surface area contributed by atoms with Gasteiger partial charge in [0.1, 0.15) is 0 Å². The monoisotopic (exact) mass is 317 g/mol. The summed E-state index contributed by atoms with van der Waals surface area (Å²) in [6, 6.07) is 4.25. The molecule has 2 N–H and O–H groups in total. The van der Waals surface area contributed by atoms with Gasteiger partial charge in [-0.15, -0.1) is 11.3 Å². The predicted octanol–water partition coefficient (Wildman–Crippen LogP) is 3.34. The second-order valence-electron chi connectivity index (χ2n) is 4.92. The van der Waals surface area contributed by atoms with Crippen LogP contribution < -0.4 is 5.32 Å². The topological polar surface area (TPSA) is 32.3 Å². The van der Waals surface area contributed by atoms with Crippen LogP contribution in [-0.4, -0.2) is 23.8 Å². The minimum Gasteiger partial charge on any atom is -0.389 e. The number of nitrogens with one attached hydrogen (secondary N) is 1. The van der Waals surface area contributed by atoms with Crippen molar-refractivity contribution < 1.29 is 5.11 Å². The van der Waals surface area contributed by atoms with Crippen molar-refractivity contribution in [2.24, 2.45) is 0 Å². The molecule has 1 heterocycles. The molecule has 0 aromatic carbocycles. The van der Waals surface area contributed by atoms with Crippen molar-refractivity contribution in [3.8, 4) is 0 Å². The molecule has 0 saturated heterocycles. The summed E-state index contributed by atoms with van der Waals surface area (Å²) in [5.74, 6) is 0. The van der Waals surface area contributed by atoms with Gasteiger partial charge in [0.25, 0.3) is 0 Å². The van der Waals surface area contributed by atoms with Crippen LogP contribution in [-0.2, 0) is 6.42 Å². The maximum atomic E-state index is 10.3. The summed E-state index contributed by atoms with van der Waals surface area (Å²) in [6.45, 7) is 1.70. The van der Waals surface area contributed by atoms with E-state index in [4.69, 9.17) is 0 Å². The largest absolute Gasteiger partial charge is 0.389 e. The van der Waals surface area contributed by atoms with Crippen molar-refractivity contribution in [2.45, 2.75) is 44.1 Å². The molecule has 2 rings (SSSR count). The zero-order valence-electron chi connectivity index (χ0n) is 10.0.